The Kier molecular flexibility index (Phi) is 8.11. The molecule has 2 aromatic rings. The lowest BCUT2D eigenvalue weighted by Gasteiger charge is -2.27. The normalized spacial score (nSPS) is 26.5. The van der Waals surface area contributed by atoms with Crippen molar-refractivity contribution in [3.05, 3.63) is 47.2 Å². The first kappa shape index (κ1) is 27.8. The Morgan fingerprint density at radius 2 is 2.03 bits per heavy atom. The lowest BCUT2D eigenvalue weighted by molar-refractivity contribution is -0.139. The summed E-state index contributed by atoms with van der Waals surface area (Å²) in [6, 6.07) is 4.04. The van der Waals surface area contributed by atoms with Gasteiger partial charge in [-0.05, 0) is 68.7 Å². The van der Waals surface area contributed by atoms with E-state index in [1.165, 1.54) is 5.56 Å². The molecule has 1 saturated carbocycles. The van der Waals surface area contributed by atoms with E-state index in [9.17, 15) is 14.4 Å². The average molecular weight is 534 g/mol. The smallest absolute Gasteiger partial charge is 0.243 e. The number of nitrogens with one attached hydrogen (secondary N) is 1. The molecular weight excluding hydrogens is 490 g/mol. The van der Waals surface area contributed by atoms with Crippen LogP contribution in [-0.2, 0) is 33.8 Å². The van der Waals surface area contributed by atoms with Gasteiger partial charge in [0.15, 0.2) is 11.6 Å². The van der Waals surface area contributed by atoms with E-state index in [4.69, 9.17) is 4.74 Å². The summed E-state index contributed by atoms with van der Waals surface area (Å²) in [4.78, 5) is 41.5. The SMILES string of the molecule is CCC(=O)[C@@H]1C[C@]23COC/C=C\CCNCc4cc(CCC(C)C)cc5c(C(C)=O)cn(c45)CC(=O)N1[C@@H]2C3. The highest BCUT2D eigenvalue weighted by atomic mass is 16.5. The number of carbonyl (C=O) groups is 3. The Balaban J connectivity index is 1.56. The second-order valence-corrected chi connectivity index (χ2v) is 12.2. The number of piperidine rings is 1. The lowest BCUT2D eigenvalue weighted by Crippen LogP contribution is -2.44. The fraction of sp³-hybridized carbons (Fsp3) is 0.594. The highest BCUT2D eigenvalue weighted by Gasteiger charge is 2.66. The number of aromatic nitrogens is 1. The van der Waals surface area contributed by atoms with Crippen LogP contribution in [0.3, 0.4) is 0 Å². The van der Waals surface area contributed by atoms with E-state index in [2.05, 4.69) is 43.4 Å². The van der Waals surface area contributed by atoms with Crippen LogP contribution in [0.25, 0.3) is 10.9 Å². The van der Waals surface area contributed by atoms with Gasteiger partial charge < -0.3 is 19.5 Å². The van der Waals surface area contributed by atoms with Crippen LogP contribution >= 0.6 is 0 Å². The largest absolute Gasteiger partial charge is 0.377 e. The lowest BCUT2D eigenvalue weighted by atomic mass is 9.97. The molecule has 1 N–H and O–H groups in total. The molecule has 5 rings (SSSR count). The van der Waals surface area contributed by atoms with Crippen LogP contribution in [0.15, 0.2) is 30.5 Å². The van der Waals surface area contributed by atoms with Crippen LogP contribution in [0.2, 0.25) is 0 Å². The van der Waals surface area contributed by atoms with Crippen LogP contribution in [-0.4, -0.2) is 58.8 Å². The molecule has 2 fully saturated rings. The number of nitrogens with zero attached hydrogens (tertiary/aromatic N) is 2. The maximum Gasteiger partial charge on any atom is 0.243 e. The number of ketones is 2. The van der Waals surface area contributed by atoms with Gasteiger partial charge in [-0.3, -0.25) is 14.4 Å². The van der Waals surface area contributed by atoms with E-state index in [0.29, 0.717) is 44.1 Å². The molecule has 1 aromatic carbocycles. The van der Waals surface area contributed by atoms with Crippen LogP contribution in [0.4, 0.5) is 0 Å². The topological polar surface area (TPSA) is 80.6 Å². The highest BCUT2D eigenvalue weighted by molar-refractivity contribution is 6.08. The number of aryl methyl sites for hydroxylation is 1. The van der Waals surface area contributed by atoms with Crippen molar-refractivity contribution in [2.75, 3.05) is 19.8 Å². The van der Waals surface area contributed by atoms with Gasteiger partial charge in [0.2, 0.25) is 5.91 Å². The minimum atomic E-state index is -0.392. The Bertz CT molecular complexity index is 1290. The number of hydrogen-bond donors (Lipinski definition) is 1. The molecule has 210 valence electrons. The number of ether oxygens (including phenoxy) is 1. The van der Waals surface area contributed by atoms with Gasteiger partial charge in [-0.1, -0.05) is 39.0 Å². The third kappa shape index (κ3) is 5.62. The van der Waals surface area contributed by atoms with E-state index in [1.807, 2.05) is 22.6 Å². The average Bonchev–Trinajstić information content (AvgIpc) is 3.31. The Labute approximate surface area is 231 Å². The van der Waals surface area contributed by atoms with Crippen molar-refractivity contribution in [2.45, 2.75) is 91.4 Å². The summed E-state index contributed by atoms with van der Waals surface area (Å²) in [7, 11) is 0. The molecule has 1 saturated heterocycles. The van der Waals surface area contributed by atoms with Crippen molar-refractivity contribution in [2.24, 2.45) is 11.3 Å². The fourth-order valence-corrected chi connectivity index (χ4v) is 6.59. The molecule has 2 aliphatic heterocycles. The first-order chi connectivity index (χ1) is 18.7. The van der Waals surface area contributed by atoms with Gasteiger partial charge in [-0.25, -0.2) is 0 Å². The van der Waals surface area contributed by atoms with Gasteiger partial charge in [0.25, 0.3) is 0 Å². The van der Waals surface area contributed by atoms with Gasteiger partial charge >= 0.3 is 0 Å². The maximum absolute atomic E-state index is 14.0. The Morgan fingerprint density at radius 3 is 2.77 bits per heavy atom. The molecule has 39 heavy (non-hydrogen) atoms. The summed E-state index contributed by atoms with van der Waals surface area (Å²) < 4.78 is 7.97. The van der Waals surface area contributed by atoms with Crippen molar-refractivity contribution in [3.8, 4) is 0 Å². The third-order valence-corrected chi connectivity index (χ3v) is 8.81. The van der Waals surface area contributed by atoms with Gasteiger partial charge in [-0.15, -0.1) is 0 Å². The number of amides is 1. The molecule has 7 nitrogen and oxygen atoms in total. The van der Waals surface area contributed by atoms with Gasteiger partial charge in [0.05, 0.1) is 24.8 Å². The molecular formula is C32H43N3O4. The second kappa shape index (κ2) is 11.4. The van der Waals surface area contributed by atoms with Crippen molar-refractivity contribution < 1.29 is 19.1 Å². The summed E-state index contributed by atoms with van der Waals surface area (Å²) in [5.74, 6) is 0.650. The number of carbonyl (C=O) groups excluding carboxylic acids is 3. The summed E-state index contributed by atoms with van der Waals surface area (Å²) in [5.41, 5.74) is 3.80. The zero-order valence-corrected chi connectivity index (χ0v) is 23.9. The number of Topliss-reactive ketones (excluding diaryl/α,β-unsaturated/α-hetero) is 2. The van der Waals surface area contributed by atoms with Crippen molar-refractivity contribution in [1.29, 1.82) is 0 Å². The highest BCUT2D eigenvalue weighted by Crippen LogP contribution is 2.60. The minimum absolute atomic E-state index is 0.00281. The van der Waals surface area contributed by atoms with E-state index in [0.717, 1.165) is 48.7 Å². The quantitative estimate of drug-likeness (QED) is 0.425. The number of rotatable bonds is 6. The standard InChI is InChI=1S/C32H43N3O4/c1-5-28(37)27-15-32-16-29(32)35(27)30(38)19-34-18-26(22(4)36)25-14-23(10-9-21(2)3)13-24(31(25)34)17-33-11-7-6-8-12-39-20-32/h6,8,13-14,18,21,27,29,33H,5,7,9-12,15-17,19-20H2,1-4H3/b8-6-/t27-,29+,32-/m0/s1. The van der Waals surface area contributed by atoms with Gasteiger partial charge in [0, 0.05) is 41.6 Å². The van der Waals surface area contributed by atoms with E-state index in [1.54, 1.807) is 6.92 Å². The Morgan fingerprint density at radius 1 is 1.21 bits per heavy atom. The first-order valence-corrected chi connectivity index (χ1v) is 14.7. The van der Waals surface area contributed by atoms with E-state index < -0.39 is 6.04 Å². The van der Waals surface area contributed by atoms with E-state index in [-0.39, 0.29) is 35.5 Å². The summed E-state index contributed by atoms with van der Waals surface area (Å²) in [6.07, 6.45) is 11.0. The molecule has 1 aliphatic carbocycles. The third-order valence-electron chi connectivity index (χ3n) is 8.81. The summed E-state index contributed by atoms with van der Waals surface area (Å²) >= 11 is 0. The van der Waals surface area contributed by atoms with E-state index >= 15 is 0 Å². The Hall–Kier alpha value is -2.77. The monoisotopic (exact) mass is 533 g/mol. The molecule has 2 bridgehead atoms. The molecule has 1 aromatic heterocycles. The number of benzene rings is 1. The molecule has 3 aliphatic rings. The van der Waals surface area contributed by atoms with Crippen LogP contribution in [0.5, 0.6) is 0 Å². The first-order valence-electron chi connectivity index (χ1n) is 14.7. The molecule has 3 heterocycles. The second-order valence-electron chi connectivity index (χ2n) is 12.2. The zero-order valence-electron chi connectivity index (χ0n) is 23.9. The minimum Gasteiger partial charge on any atom is -0.377 e. The molecule has 3 atom stereocenters. The van der Waals surface area contributed by atoms with Gasteiger partial charge in [-0.2, -0.15) is 0 Å². The summed E-state index contributed by atoms with van der Waals surface area (Å²) in [6.45, 7) is 10.6. The fourth-order valence-electron chi connectivity index (χ4n) is 6.59. The van der Waals surface area contributed by atoms with Crippen molar-refractivity contribution in [3.63, 3.8) is 0 Å². The predicted molar refractivity (Wildman–Crippen MR) is 153 cm³/mol. The zero-order chi connectivity index (χ0) is 27.7. The van der Waals surface area contributed by atoms with Gasteiger partial charge in [0.1, 0.15) is 6.54 Å². The predicted octanol–water partition coefficient (Wildman–Crippen LogP) is 4.84. The summed E-state index contributed by atoms with van der Waals surface area (Å²) in [5, 5.41) is 4.48. The van der Waals surface area contributed by atoms with Crippen molar-refractivity contribution in [1.82, 2.24) is 14.8 Å². The molecule has 1 amide bonds. The molecule has 0 spiro atoms. The molecule has 0 radical (unpaired) electrons. The maximum atomic E-state index is 14.0. The van der Waals surface area contributed by atoms with Crippen LogP contribution in [0.1, 0.15) is 81.3 Å². The number of hydrogen-bond acceptors (Lipinski definition) is 5. The molecule has 7 heteroatoms. The van der Waals surface area contributed by atoms with Crippen LogP contribution < -0.4 is 5.32 Å². The van der Waals surface area contributed by atoms with Crippen LogP contribution in [0, 0.1) is 11.3 Å². The van der Waals surface area contributed by atoms with Crippen molar-refractivity contribution >= 4 is 28.4 Å². The molecule has 0 unspecified atom stereocenters.